The van der Waals surface area contributed by atoms with E-state index in [9.17, 15) is 13.2 Å². The molecule has 5 nitrogen and oxygen atoms in total. The number of nitrogens with one attached hydrogen (secondary N) is 2. The Morgan fingerprint density at radius 2 is 2.00 bits per heavy atom. The Bertz CT molecular complexity index is 274. The molecule has 0 aromatic heterocycles. The van der Waals surface area contributed by atoms with E-state index >= 15 is 0 Å². The van der Waals surface area contributed by atoms with Crippen LogP contribution in [0.2, 0.25) is 0 Å². The SMILES string of the molecule is CNCC(C)C(=O)NCCS(C)(=O)=O. The lowest BCUT2D eigenvalue weighted by Crippen LogP contribution is -2.36. The summed E-state index contributed by atoms with van der Waals surface area (Å²) in [5.41, 5.74) is 0. The molecule has 0 saturated carbocycles. The summed E-state index contributed by atoms with van der Waals surface area (Å²) in [5.74, 6) is -0.270. The lowest BCUT2D eigenvalue weighted by molar-refractivity contribution is -0.124. The Hall–Kier alpha value is -0.620. The number of hydrogen-bond donors (Lipinski definition) is 2. The smallest absolute Gasteiger partial charge is 0.224 e. The molecule has 0 aliphatic heterocycles. The maximum Gasteiger partial charge on any atom is 0.224 e. The molecule has 84 valence electrons. The van der Waals surface area contributed by atoms with Gasteiger partial charge in [-0.25, -0.2) is 8.42 Å². The second-order valence-electron chi connectivity index (χ2n) is 3.38. The van der Waals surface area contributed by atoms with Crippen LogP contribution in [0.15, 0.2) is 0 Å². The van der Waals surface area contributed by atoms with Crippen molar-refractivity contribution in [1.29, 1.82) is 0 Å². The van der Waals surface area contributed by atoms with Gasteiger partial charge >= 0.3 is 0 Å². The van der Waals surface area contributed by atoms with Gasteiger partial charge in [0.2, 0.25) is 5.91 Å². The standard InChI is InChI=1S/C8H18N2O3S/c1-7(6-9-2)8(11)10-4-5-14(3,12)13/h7,9H,4-6H2,1-3H3,(H,10,11). The van der Waals surface area contributed by atoms with Crippen molar-refractivity contribution >= 4 is 15.7 Å². The summed E-state index contributed by atoms with van der Waals surface area (Å²) in [4.78, 5) is 11.3. The van der Waals surface area contributed by atoms with Crippen molar-refractivity contribution < 1.29 is 13.2 Å². The molecule has 0 aromatic carbocycles. The Balaban J connectivity index is 3.75. The minimum atomic E-state index is -2.99. The summed E-state index contributed by atoms with van der Waals surface area (Å²) in [6.45, 7) is 2.56. The zero-order chi connectivity index (χ0) is 11.2. The highest BCUT2D eigenvalue weighted by atomic mass is 32.2. The molecule has 0 fully saturated rings. The van der Waals surface area contributed by atoms with E-state index in [2.05, 4.69) is 10.6 Å². The molecular weight excluding hydrogens is 204 g/mol. The highest BCUT2D eigenvalue weighted by Crippen LogP contribution is 1.91. The van der Waals surface area contributed by atoms with Crippen LogP contribution in [0.1, 0.15) is 6.92 Å². The molecule has 0 radical (unpaired) electrons. The van der Waals surface area contributed by atoms with Gasteiger partial charge in [-0.15, -0.1) is 0 Å². The fraction of sp³-hybridized carbons (Fsp3) is 0.875. The lowest BCUT2D eigenvalue weighted by Gasteiger charge is -2.10. The van der Waals surface area contributed by atoms with Gasteiger partial charge in [0.05, 0.1) is 5.75 Å². The molecule has 1 atom stereocenters. The van der Waals surface area contributed by atoms with Crippen LogP contribution in [0.3, 0.4) is 0 Å². The first kappa shape index (κ1) is 13.4. The molecule has 0 aromatic rings. The van der Waals surface area contributed by atoms with E-state index in [-0.39, 0.29) is 24.1 Å². The first-order chi connectivity index (χ1) is 6.37. The van der Waals surface area contributed by atoms with E-state index in [4.69, 9.17) is 0 Å². The topological polar surface area (TPSA) is 75.3 Å². The van der Waals surface area contributed by atoms with Gasteiger partial charge in [-0.1, -0.05) is 6.92 Å². The number of rotatable bonds is 6. The van der Waals surface area contributed by atoms with Gasteiger partial charge in [-0.05, 0) is 7.05 Å². The molecule has 0 aliphatic carbocycles. The minimum absolute atomic E-state index is 0.00892. The average molecular weight is 222 g/mol. The Morgan fingerprint density at radius 1 is 1.43 bits per heavy atom. The van der Waals surface area contributed by atoms with Crippen molar-refractivity contribution in [1.82, 2.24) is 10.6 Å². The molecule has 0 aliphatic rings. The first-order valence-corrected chi connectivity index (χ1v) is 6.53. The predicted molar refractivity (Wildman–Crippen MR) is 55.8 cm³/mol. The summed E-state index contributed by atoms with van der Waals surface area (Å²) in [5, 5.41) is 5.44. The van der Waals surface area contributed by atoms with E-state index in [1.165, 1.54) is 0 Å². The van der Waals surface area contributed by atoms with Crippen molar-refractivity contribution in [2.24, 2.45) is 5.92 Å². The number of carbonyl (C=O) groups is 1. The van der Waals surface area contributed by atoms with Crippen LogP contribution in [-0.2, 0) is 14.6 Å². The largest absolute Gasteiger partial charge is 0.355 e. The Morgan fingerprint density at radius 3 is 2.43 bits per heavy atom. The van der Waals surface area contributed by atoms with E-state index in [0.29, 0.717) is 6.54 Å². The maximum atomic E-state index is 11.3. The number of sulfone groups is 1. The maximum absolute atomic E-state index is 11.3. The van der Waals surface area contributed by atoms with Gasteiger partial charge in [0.1, 0.15) is 9.84 Å². The second-order valence-corrected chi connectivity index (χ2v) is 5.64. The zero-order valence-electron chi connectivity index (χ0n) is 8.83. The molecule has 0 heterocycles. The number of hydrogen-bond acceptors (Lipinski definition) is 4. The summed E-state index contributed by atoms with van der Waals surface area (Å²) in [6, 6.07) is 0. The lowest BCUT2D eigenvalue weighted by atomic mass is 10.1. The molecule has 0 spiro atoms. The fourth-order valence-corrected chi connectivity index (χ4v) is 1.41. The molecule has 0 saturated heterocycles. The van der Waals surface area contributed by atoms with E-state index in [0.717, 1.165) is 6.26 Å². The van der Waals surface area contributed by atoms with Crippen LogP contribution in [0, 0.1) is 5.92 Å². The van der Waals surface area contributed by atoms with Crippen LogP contribution in [0.25, 0.3) is 0 Å². The summed E-state index contributed by atoms with van der Waals surface area (Å²) < 4.78 is 21.5. The van der Waals surface area contributed by atoms with Gasteiger partial charge in [0, 0.05) is 25.3 Å². The molecule has 1 amide bonds. The molecule has 0 rings (SSSR count). The van der Waals surface area contributed by atoms with Crippen LogP contribution in [-0.4, -0.2) is 46.5 Å². The molecule has 0 bridgehead atoms. The molecule has 6 heteroatoms. The summed E-state index contributed by atoms with van der Waals surface area (Å²) in [7, 11) is -1.22. The Kier molecular flexibility index (Phi) is 5.71. The van der Waals surface area contributed by atoms with Crippen LogP contribution < -0.4 is 10.6 Å². The minimum Gasteiger partial charge on any atom is -0.355 e. The molecular formula is C8H18N2O3S. The van der Waals surface area contributed by atoms with E-state index in [1.54, 1.807) is 14.0 Å². The van der Waals surface area contributed by atoms with Gasteiger partial charge in [0.25, 0.3) is 0 Å². The third-order valence-corrected chi connectivity index (χ3v) is 2.68. The number of amides is 1. The van der Waals surface area contributed by atoms with Gasteiger partial charge in [-0.3, -0.25) is 4.79 Å². The highest BCUT2D eigenvalue weighted by molar-refractivity contribution is 7.90. The number of carbonyl (C=O) groups excluding carboxylic acids is 1. The summed E-state index contributed by atoms with van der Waals surface area (Å²) >= 11 is 0. The summed E-state index contributed by atoms with van der Waals surface area (Å²) in [6.07, 6.45) is 1.15. The quantitative estimate of drug-likeness (QED) is 0.604. The van der Waals surface area contributed by atoms with Crippen LogP contribution in [0.4, 0.5) is 0 Å². The monoisotopic (exact) mass is 222 g/mol. The molecule has 2 N–H and O–H groups in total. The van der Waals surface area contributed by atoms with Crippen molar-refractivity contribution in [2.45, 2.75) is 6.92 Å². The highest BCUT2D eigenvalue weighted by Gasteiger charge is 2.11. The van der Waals surface area contributed by atoms with Crippen molar-refractivity contribution in [3.05, 3.63) is 0 Å². The van der Waals surface area contributed by atoms with Gasteiger partial charge in [-0.2, -0.15) is 0 Å². The van der Waals surface area contributed by atoms with Crippen molar-refractivity contribution in [2.75, 3.05) is 32.1 Å². The van der Waals surface area contributed by atoms with Crippen LogP contribution >= 0.6 is 0 Å². The van der Waals surface area contributed by atoms with Crippen molar-refractivity contribution in [3.63, 3.8) is 0 Å². The third kappa shape index (κ3) is 6.85. The second kappa shape index (κ2) is 5.98. The van der Waals surface area contributed by atoms with Gasteiger partial charge < -0.3 is 10.6 Å². The fourth-order valence-electron chi connectivity index (χ4n) is 0.933. The van der Waals surface area contributed by atoms with Crippen LogP contribution in [0.5, 0.6) is 0 Å². The molecule has 14 heavy (non-hydrogen) atoms. The zero-order valence-corrected chi connectivity index (χ0v) is 9.65. The van der Waals surface area contributed by atoms with E-state index < -0.39 is 9.84 Å². The predicted octanol–water partition coefficient (Wildman–Crippen LogP) is -0.997. The normalized spacial score (nSPS) is 13.6. The Labute approximate surface area is 85.2 Å². The van der Waals surface area contributed by atoms with Crippen molar-refractivity contribution in [3.8, 4) is 0 Å². The van der Waals surface area contributed by atoms with Gasteiger partial charge in [0.15, 0.2) is 0 Å². The van der Waals surface area contributed by atoms with E-state index in [1.807, 2.05) is 0 Å². The average Bonchev–Trinajstić information content (AvgIpc) is 2.02. The first-order valence-electron chi connectivity index (χ1n) is 4.47. The third-order valence-electron chi connectivity index (χ3n) is 1.73. The molecule has 1 unspecified atom stereocenters.